The fraction of sp³-hybridized carbons (Fsp3) is 0.583. The molecule has 1 fully saturated rings. The van der Waals surface area contributed by atoms with Crippen molar-refractivity contribution in [3.8, 4) is 5.75 Å². The molecule has 2 rings (SSSR count). The van der Waals surface area contributed by atoms with E-state index in [1.807, 2.05) is 7.05 Å². The van der Waals surface area contributed by atoms with Crippen molar-refractivity contribution in [2.24, 2.45) is 0 Å². The molecule has 17 heavy (non-hydrogen) atoms. The van der Waals surface area contributed by atoms with Crippen molar-refractivity contribution in [2.45, 2.75) is 25.4 Å². The highest BCUT2D eigenvalue weighted by Crippen LogP contribution is 2.13. The maximum absolute atomic E-state index is 11.3. The first-order chi connectivity index (χ1) is 8.16. The van der Waals surface area contributed by atoms with E-state index >= 15 is 0 Å². The molecule has 0 amide bonds. The Bertz CT molecular complexity index is 424. The molecule has 1 saturated heterocycles. The largest absolute Gasteiger partial charge is 0.502 e. The van der Waals surface area contributed by atoms with Gasteiger partial charge in [-0.2, -0.15) is 0 Å². The first-order valence-electron chi connectivity index (χ1n) is 5.88. The summed E-state index contributed by atoms with van der Waals surface area (Å²) >= 11 is 0. The average Bonchev–Trinajstić information content (AvgIpc) is 2.35. The van der Waals surface area contributed by atoms with E-state index in [-0.39, 0.29) is 11.2 Å². The van der Waals surface area contributed by atoms with E-state index in [1.165, 1.54) is 6.07 Å². The Morgan fingerprint density at radius 3 is 2.88 bits per heavy atom. The van der Waals surface area contributed by atoms with Gasteiger partial charge in [-0.05, 0) is 33.0 Å². The average molecular weight is 238 g/mol. The lowest BCUT2D eigenvalue weighted by Crippen LogP contribution is -2.40. The van der Waals surface area contributed by atoms with Gasteiger partial charge in [-0.15, -0.1) is 0 Å². The van der Waals surface area contributed by atoms with Gasteiger partial charge >= 0.3 is 0 Å². The molecule has 1 aliphatic rings. The van der Waals surface area contributed by atoms with Gasteiger partial charge in [0.25, 0.3) is 0 Å². The Balaban J connectivity index is 1.99. The third-order valence-electron chi connectivity index (χ3n) is 3.20. The second-order valence-electron chi connectivity index (χ2n) is 4.49. The van der Waals surface area contributed by atoms with E-state index in [0.717, 1.165) is 32.2 Å². The van der Waals surface area contributed by atoms with Gasteiger partial charge in [-0.1, -0.05) is 0 Å². The molecule has 0 bridgehead atoms. The summed E-state index contributed by atoms with van der Waals surface area (Å²) in [5, 5.41) is 12.4. The molecule has 0 aliphatic carbocycles. The third-order valence-corrected chi connectivity index (χ3v) is 3.20. The highest BCUT2D eigenvalue weighted by molar-refractivity contribution is 5.15. The standard InChI is InChI=1S/C12H18N2O3/c1-14(9-2-4-13-5-3-9)7-10-6-11(15)12(16)8-17-10/h6,8-9,13,16H,2-5,7H2,1H3. The Morgan fingerprint density at radius 2 is 2.24 bits per heavy atom. The van der Waals surface area contributed by atoms with Crippen LogP contribution in [0.25, 0.3) is 0 Å². The quantitative estimate of drug-likeness (QED) is 0.804. The van der Waals surface area contributed by atoms with Crippen molar-refractivity contribution in [1.82, 2.24) is 10.2 Å². The molecule has 0 spiro atoms. The Kier molecular flexibility index (Phi) is 3.81. The Hall–Kier alpha value is -1.33. The molecule has 0 aromatic carbocycles. The SMILES string of the molecule is CN(Cc1cc(=O)c(O)co1)C1CCNCC1. The monoisotopic (exact) mass is 238 g/mol. The van der Waals surface area contributed by atoms with Gasteiger partial charge in [0.2, 0.25) is 5.43 Å². The third kappa shape index (κ3) is 3.08. The van der Waals surface area contributed by atoms with E-state index in [1.54, 1.807) is 0 Å². The number of nitrogens with zero attached hydrogens (tertiary/aromatic N) is 1. The number of nitrogens with one attached hydrogen (secondary N) is 1. The maximum Gasteiger partial charge on any atom is 0.226 e. The molecule has 0 saturated carbocycles. The van der Waals surface area contributed by atoms with Gasteiger partial charge in [0.15, 0.2) is 5.75 Å². The second kappa shape index (κ2) is 5.33. The van der Waals surface area contributed by atoms with Crippen LogP contribution in [-0.2, 0) is 6.54 Å². The molecule has 1 aromatic rings. The topological polar surface area (TPSA) is 65.7 Å². The summed E-state index contributed by atoms with van der Waals surface area (Å²) in [6.07, 6.45) is 3.32. The van der Waals surface area contributed by atoms with Crippen LogP contribution in [0.15, 0.2) is 21.5 Å². The minimum Gasteiger partial charge on any atom is -0.502 e. The highest BCUT2D eigenvalue weighted by Gasteiger charge is 2.18. The van der Waals surface area contributed by atoms with Crippen molar-refractivity contribution >= 4 is 0 Å². The molecule has 1 aliphatic heterocycles. The lowest BCUT2D eigenvalue weighted by atomic mass is 10.1. The van der Waals surface area contributed by atoms with Crippen molar-refractivity contribution < 1.29 is 9.52 Å². The van der Waals surface area contributed by atoms with Crippen LogP contribution in [0.4, 0.5) is 0 Å². The molecule has 94 valence electrons. The Labute approximate surface area is 100 Å². The summed E-state index contributed by atoms with van der Waals surface area (Å²) in [6, 6.07) is 1.88. The summed E-state index contributed by atoms with van der Waals surface area (Å²) < 4.78 is 5.19. The zero-order valence-electron chi connectivity index (χ0n) is 9.98. The molecular weight excluding hydrogens is 220 g/mol. The molecule has 1 aromatic heterocycles. The smallest absolute Gasteiger partial charge is 0.226 e. The first-order valence-corrected chi connectivity index (χ1v) is 5.88. The predicted molar refractivity (Wildman–Crippen MR) is 64.0 cm³/mol. The van der Waals surface area contributed by atoms with Crippen LogP contribution >= 0.6 is 0 Å². The van der Waals surface area contributed by atoms with Crippen molar-refractivity contribution in [2.75, 3.05) is 20.1 Å². The molecular formula is C12H18N2O3. The van der Waals surface area contributed by atoms with Crippen LogP contribution in [0.1, 0.15) is 18.6 Å². The summed E-state index contributed by atoms with van der Waals surface area (Å²) in [5.41, 5.74) is -0.384. The fourth-order valence-corrected chi connectivity index (χ4v) is 2.15. The number of piperidine rings is 1. The van der Waals surface area contributed by atoms with Crippen LogP contribution in [0.3, 0.4) is 0 Å². The van der Waals surface area contributed by atoms with E-state index in [2.05, 4.69) is 10.2 Å². The van der Waals surface area contributed by atoms with Crippen molar-refractivity contribution in [3.05, 3.63) is 28.3 Å². The molecule has 5 heteroatoms. The minimum atomic E-state index is -0.384. The zero-order valence-corrected chi connectivity index (χ0v) is 9.98. The van der Waals surface area contributed by atoms with Crippen LogP contribution in [-0.4, -0.2) is 36.2 Å². The van der Waals surface area contributed by atoms with E-state index < -0.39 is 0 Å². The van der Waals surface area contributed by atoms with Crippen molar-refractivity contribution in [3.63, 3.8) is 0 Å². The summed E-state index contributed by atoms with van der Waals surface area (Å²) in [4.78, 5) is 13.4. The first kappa shape index (κ1) is 12.1. The van der Waals surface area contributed by atoms with Gasteiger partial charge in [-0.25, -0.2) is 0 Å². The molecule has 0 unspecified atom stereocenters. The minimum absolute atomic E-state index is 0.335. The van der Waals surface area contributed by atoms with Crippen LogP contribution < -0.4 is 10.7 Å². The van der Waals surface area contributed by atoms with Gasteiger partial charge < -0.3 is 14.8 Å². The van der Waals surface area contributed by atoms with Crippen molar-refractivity contribution in [1.29, 1.82) is 0 Å². The molecule has 0 radical (unpaired) electrons. The van der Waals surface area contributed by atoms with Gasteiger partial charge in [0, 0.05) is 12.1 Å². The number of rotatable bonds is 3. The van der Waals surface area contributed by atoms with Crippen LogP contribution in [0.5, 0.6) is 5.75 Å². The number of hydrogen-bond donors (Lipinski definition) is 2. The fourth-order valence-electron chi connectivity index (χ4n) is 2.15. The van der Waals surface area contributed by atoms with E-state index in [9.17, 15) is 4.79 Å². The lowest BCUT2D eigenvalue weighted by Gasteiger charge is -2.31. The molecule has 5 nitrogen and oxygen atoms in total. The van der Waals surface area contributed by atoms with Gasteiger partial charge in [-0.3, -0.25) is 9.69 Å². The maximum atomic E-state index is 11.3. The van der Waals surface area contributed by atoms with Crippen LogP contribution in [0.2, 0.25) is 0 Å². The predicted octanol–water partition coefficient (Wildman–Crippen LogP) is 0.529. The molecule has 2 N–H and O–H groups in total. The lowest BCUT2D eigenvalue weighted by molar-refractivity contribution is 0.177. The molecule has 0 atom stereocenters. The summed E-state index contributed by atoms with van der Waals surface area (Å²) in [6.45, 7) is 2.67. The Morgan fingerprint density at radius 1 is 1.53 bits per heavy atom. The summed E-state index contributed by atoms with van der Waals surface area (Å²) in [5.74, 6) is 0.257. The van der Waals surface area contributed by atoms with E-state index in [0.29, 0.717) is 18.3 Å². The normalized spacial score (nSPS) is 17.5. The van der Waals surface area contributed by atoms with Gasteiger partial charge in [0.1, 0.15) is 12.0 Å². The zero-order chi connectivity index (χ0) is 12.3. The number of hydrogen-bond acceptors (Lipinski definition) is 5. The van der Waals surface area contributed by atoms with Crippen LogP contribution in [0, 0.1) is 0 Å². The number of aromatic hydroxyl groups is 1. The molecule has 2 heterocycles. The highest BCUT2D eigenvalue weighted by atomic mass is 16.4. The van der Waals surface area contributed by atoms with Gasteiger partial charge in [0.05, 0.1) is 6.54 Å². The summed E-state index contributed by atoms with van der Waals surface area (Å²) in [7, 11) is 2.03. The second-order valence-corrected chi connectivity index (χ2v) is 4.49. The van der Waals surface area contributed by atoms with E-state index in [4.69, 9.17) is 9.52 Å².